The second-order valence-electron chi connectivity index (χ2n) is 10.6. The number of aromatic nitrogens is 5. The lowest BCUT2D eigenvalue weighted by Crippen LogP contribution is -2.14. The number of aromatic amines is 2. The van der Waals surface area contributed by atoms with Crippen LogP contribution in [0.2, 0.25) is 0 Å². The zero-order chi connectivity index (χ0) is 27.1. The Labute approximate surface area is 231 Å². The quantitative estimate of drug-likeness (QED) is 0.202. The van der Waals surface area contributed by atoms with Gasteiger partial charge in [0, 0.05) is 33.7 Å². The smallest absolute Gasteiger partial charge is 0.123 e. The van der Waals surface area contributed by atoms with Crippen molar-refractivity contribution >= 4 is 27.5 Å². The van der Waals surface area contributed by atoms with E-state index in [0.717, 1.165) is 67.0 Å². The molecule has 4 heterocycles. The van der Waals surface area contributed by atoms with Gasteiger partial charge in [0.15, 0.2) is 0 Å². The van der Waals surface area contributed by atoms with Gasteiger partial charge in [0.05, 0.1) is 35.0 Å². The van der Waals surface area contributed by atoms with E-state index in [1.807, 2.05) is 48.9 Å². The van der Waals surface area contributed by atoms with E-state index in [1.54, 1.807) is 12.1 Å². The highest BCUT2D eigenvalue weighted by atomic mass is 19.1. The van der Waals surface area contributed by atoms with Crippen LogP contribution < -0.4 is 5.32 Å². The van der Waals surface area contributed by atoms with E-state index >= 15 is 0 Å². The Hall–Kier alpha value is -4.78. The number of nitrogens with one attached hydrogen (secondary N) is 3. The first-order chi connectivity index (χ1) is 19.6. The van der Waals surface area contributed by atoms with E-state index in [4.69, 9.17) is 4.98 Å². The van der Waals surface area contributed by atoms with Crippen molar-refractivity contribution in [2.75, 3.05) is 5.32 Å². The van der Waals surface area contributed by atoms with Gasteiger partial charge in [-0.15, -0.1) is 0 Å². The molecule has 1 aliphatic rings. The highest BCUT2D eigenvalue weighted by Gasteiger charge is 2.18. The standard InChI is InChI=1S/C33H29FN6/c1-20(21-7-3-2-4-8-21)37-25-14-23(17-35-18-25)30-16-28-32(19-36-30)39-40-33(28)31-15-27-26(11-6-12-29(27)38-31)22-9-5-10-24(34)13-22/h5-6,9-19,21,37-38H,1-4,7-8H2,(H,39,40). The molecule has 2 aromatic carbocycles. The van der Waals surface area contributed by atoms with Crippen molar-refractivity contribution in [2.45, 2.75) is 32.1 Å². The number of hydrogen-bond acceptors (Lipinski definition) is 4. The zero-order valence-corrected chi connectivity index (χ0v) is 22.0. The number of fused-ring (bicyclic) bond motifs is 2. The van der Waals surface area contributed by atoms with Gasteiger partial charge in [-0.05, 0) is 66.3 Å². The van der Waals surface area contributed by atoms with E-state index in [0.29, 0.717) is 5.92 Å². The molecule has 0 spiro atoms. The van der Waals surface area contributed by atoms with Crippen LogP contribution in [-0.4, -0.2) is 25.1 Å². The van der Waals surface area contributed by atoms with Crippen molar-refractivity contribution in [3.8, 4) is 33.8 Å². The molecule has 0 amide bonds. The summed E-state index contributed by atoms with van der Waals surface area (Å²) in [7, 11) is 0. The van der Waals surface area contributed by atoms with E-state index in [2.05, 4.69) is 44.2 Å². The van der Waals surface area contributed by atoms with Gasteiger partial charge in [-0.2, -0.15) is 5.10 Å². The minimum Gasteiger partial charge on any atom is -0.358 e. The summed E-state index contributed by atoms with van der Waals surface area (Å²) in [5, 5.41) is 13.2. The fourth-order valence-electron chi connectivity index (χ4n) is 5.86. The lowest BCUT2D eigenvalue weighted by atomic mass is 9.87. The largest absolute Gasteiger partial charge is 0.358 e. The maximum atomic E-state index is 14.0. The van der Waals surface area contributed by atoms with Gasteiger partial charge in [-0.3, -0.25) is 15.1 Å². The van der Waals surface area contributed by atoms with Crippen LogP contribution in [-0.2, 0) is 0 Å². The Bertz CT molecular complexity index is 1860. The topological polar surface area (TPSA) is 82.3 Å². The van der Waals surface area contributed by atoms with Gasteiger partial charge in [0.1, 0.15) is 11.5 Å². The first-order valence-corrected chi connectivity index (χ1v) is 13.8. The van der Waals surface area contributed by atoms with Gasteiger partial charge in [-0.25, -0.2) is 4.39 Å². The van der Waals surface area contributed by atoms with E-state index in [1.165, 1.54) is 38.2 Å². The summed E-state index contributed by atoms with van der Waals surface area (Å²) in [6, 6.07) is 18.9. The fourth-order valence-corrected chi connectivity index (χ4v) is 5.86. The maximum absolute atomic E-state index is 14.0. The number of rotatable bonds is 6. The molecule has 0 radical (unpaired) electrons. The van der Waals surface area contributed by atoms with Gasteiger partial charge in [0.2, 0.25) is 0 Å². The van der Waals surface area contributed by atoms with Crippen LogP contribution in [0, 0.1) is 11.7 Å². The van der Waals surface area contributed by atoms with Crippen LogP contribution in [0.1, 0.15) is 32.1 Å². The molecule has 1 fully saturated rings. The number of benzene rings is 2. The number of halogens is 1. The average molecular weight is 529 g/mol. The molecular formula is C33H29FN6. The third-order valence-electron chi connectivity index (χ3n) is 7.94. The number of nitrogens with zero attached hydrogens (tertiary/aromatic N) is 3. The average Bonchev–Trinajstić information content (AvgIpc) is 3.61. The van der Waals surface area contributed by atoms with Crippen molar-refractivity contribution in [3.63, 3.8) is 0 Å². The molecule has 4 aromatic heterocycles. The molecule has 7 heteroatoms. The predicted molar refractivity (Wildman–Crippen MR) is 159 cm³/mol. The van der Waals surface area contributed by atoms with Crippen molar-refractivity contribution in [2.24, 2.45) is 5.92 Å². The Morgan fingerprint density at radius 3 is 2.62 bits per heavy atom. The van der Waals surface area contributed by atoms with Crippen LogP contribution in [0.5, 0.6) is 0 Å². The van der Waals surface area contributed by atoms with Gasteiger partial charge in [-0.1, -0.05) is 50.1 Å². The third-order valence-corrected chi connectivity index (χ3v) is 7.94. The van der Waals surface area contributed by atoms with Crippen molar-refractivity contribution in [1.82, 2.24) is 25.1 Å². The Morgan fingerprint density at radius 2 is 1.75 bits per heavy atom. The number of hydrogen-bond donors (Lipinski definition) is 3. The van der Waals surface area contributed by atoms with E-state index in [-0.39, 0.29) is 5.82 Å². The second-order valence-corrected chi connectivity index (χ2v) is 10.6. The first-order valence-electron chi connectivity index (χ1n) is 13.8. The SMILES string of the molecule is C=C(Nc1cncc(-c2cc3c(-c4cc5c(-c6cccc(F)c6)cccc5[nH]4)n[nH]c3cn2)c1)C1CCCCC1. The van der Waals surface area contributed by atoms with Crippen LogP contribution in [0.15, 0.2) is 91.5 Å². The summed E-state index contributed by atoms with van der Waals surface area (Å²) in [6.07, 6.45) is 11.7. The molecule has 6 nitrogen and oxygen atoms in total. The van der Waals surface area contributed by atoms with Crippen molar-refractivity contribution in [1.29, 1.82) is 0 Å². The molecule has 0 unspecified atom stereocenters. The molecule has 198 valence electrons. The number of anilines is 1. The van der Waals surface area contributed by atoms with Crippen LogP contribution >= 0.6 is 0 Å². The maximum Gasteiger partial charge on any atom is 0.123 e. The van der Waals surface area contributed by atoms with Gasteiger partial charge >= 0.3 is 0 Å². The number of pyridine rings is 2. The minimum absolute atomic E-state index is 0.254. The van der Waals surface area contributed by atoms with Crippen molar-refractivity contribution < 1.29 is 4.39 Å². The molecule has 3 N–H and O–H groups in total. The summed E-state index contributed by atoms with van der Waals surface area (Å²) < 4.78 is 14.0. The molecule has 1 aliphatic carbocycles. The molecule has 0 aliphatic heterocycles. The summed E-state index contributed by atoms with van der Waals surface area (Å²) in [6.45, 7) is 4.31. The highest BCUT2D eigenvalue weighted by Crippen LogP contribution is 2.35. The lowest BCUT2D eigenvalue weighted by Gasteiger charge is -2.24. The molecule has 0 bridgehead atoms. The van der Waals surface area contributed by atoms with E-state index < -0.39 is 0 Å². The molecule has 0 atom stereocenters. The molecule has 7 rings (SSSR count). The van der Waals surface area contributed by atoms with Crippen LogP contribution in [0.4, 0.5) is 10.1 Å². The molecule has 0 saturated heterocycles. The Balaban J connectivity index is 1.23. The molecule has 6 aromatic rings. The van der Waals surface area contributed by atoms with Crippen molar-refractivity contribution in [3.05, 3.63) is 97.3 Å². The summed E-state index contributed by atoms with van der Waals surface area (Å²) in [5.74, 6) is 0.258. The predicted octanol–water partition coefficient (Wildman–Crippen LogP) is 8.48. The lowest BCUT2D eigenvalue weighted by molar-refractivity contribution is 0.405. The van der Waals surface area contributed by atoms with Crippen LogP contribution in [0.3, 0.4) is 0 Å². The summed E-state index contributed by atoms with van der Waals surface area (Å²) in [5.41, 5.74) is 8.99. The fraction of sp³-hybridized carbons (Fsp3) is 0.182. The number of H-pyrrole nitrogens is 2. The van der Waals surface area contributed by atoms with Gasteiger partial charge < -0.3 is 10.3 Å². The first kappa shape index (κ1) is 24.3. The Morgan fingerprint density at radius 1 is 0.875 bits per heavy atom. The molecular weight excluding hydrogens is 499 g/mol. The highest BCUT2D eigenvalue weighted by molar-refractivity contribution is 6.01. The van der Waals surface area contributed by atoms with Crippen LogP contribution in [0.25, 0.3) is 55.6 Å². The number of allylic oxidation sites excluding steroid dienone is 1. The molecule has 40 heavy (non-hydrogen) atoms. The van der Waals surface area contributed by atoms with Gasteiger partial charge in [0.25, 0.3) is 0 Å². The monoisotopic (exact) mass is 528 g/mol. The molecule has 1 saturated carbocycles. The Kier molecular flexibility index (Phi) is 6.11. The van der Waals surface area contributed by atoms with E-state index in [9.17, 15) is 4.39 Å². The minimum atomic E-state index is -0.254. The zero-order valence-electron chi connectivity index (χ0n) is 22.0. The normalized spacial score (nSPS) is 14.1. The summed E-state index contributed by atoms with van der Waals surface area (Å²) in [4.78, 5) is 12.7. The second kappa shape index (κ2) is 10.1. The summed E-state index contributed by atoms with van der Waals surface area (Å²) >= 11 is 0. The third kappa shape index (κ3) is 4.53.